The van der Waals surface area contributed by atoms with Crippen LogP contribution in [-0.4, -0.2) is 56.4 Å². The second kappa shape index (κ2) is 8.66. The Morgan fingerprint density at radius 3 is 2.85 bits per heavy atom. The summed E-state index contributed by atoms with van der Waals surface area (Å²) in [5, 5.41) is 5.65. The first-order chi connectivity index (χ1) is 12.6. The Bertz CT molecular complexity index is 716. The van der Waals surface area contributed by atoms with Crippen molar-refractivity contribution in [2.75, 3.05) is 39.5 Å². The molecule has 0 aromatic heterocycles. The molecule has 2 amide bonds. The van der Waals surface area contributed by atoms with Gasteiger partial charge >= 0.3 is 12.0 Å². The molecule has 0 bridgehead atoms. The van der Waals surface area contributed by atoms with Crippen LogP contribution in [0.15, 0.2) is 40.0 Å². The van der Waals surface area contributed by atoms with Gasteiger partial charge in [-0.2, -0.15) is 0 Å². The molecule has 0 spiro atoms. The van der Waals surface area contributed by atoms with E-state index in [0.29, 0.717) is 31.0 Å². The van der Waals surface area contributed by atoms with E-state index < -0.39 is 12.0 Å². The van der Waals surface area contributed by atoms with Crippen molar-refractivity contribution < 1.29 is 19.1 Å². The molecule has 2 heterocycles. The largest absolute Gasteiger partial charge is 0.463 e. The average Bonchev–Trinajstić information content (AvgIpc) is 2.62. The maximum atomic E-state index is 12.7. The topological polar surface area (TPSA) is 79.9 Å². The number of ether oxygens (including phenoxy) is 2. The van der Waals surface area contributed by atoms with Crippen LogP contribution in [0.3, 0.4) is 0 Å². The van der Waals surface area contributed by atoms with Crippen LogP contribution in [0.25, 0.3) is 0 Å². The van der Waals surface area contributed by atoms with Crippen molar-refractivity contribution in [3.05, 3.63) is 45.6 Å². The predicted molar refractivity (Wildman–Crippen MR) is 99.5 cm³/mol. The molecular formula is C18H22BrN3O4. The summed E-state index contributed by atoms with van der Waals surface area (Å²) in [4.78, 5) is 27.1. The van der Waals surface area contributed by atoms with Gasteiger partial charge < -0.3 is 20.1 Å². The highest BCUT2D eigenvalue weighted by molar-refractivity contribution is 9.10. The molecule has 1 atom stereocenters. The fourth-order valence-electron chi connectivity index (χ4n) is 3.11. The molecule has 0 radical (unpaired) electrons. The number of hydrogen-bond donors (Lipinski definition) is 2. The number of carbonyl (C=O) groups is 2. The molecule has 2 aliphatic rings. The van der Waals surface area contributed by atoms with E-state index in [1.165, 1.54) is 0 Å². The van der Waals surface area contributed by atoms with Gasteiger partial charge in [0.2, 0.25) is 0 Å². The molecule has 0 unspecified atom stereocenters. The zero-order valence-corrected chi connectivity index (χ0v) is 16.2. The van der Waals surface area contributed by atoms with Crippen LogP contribution in [0.1, 0.15) is 18.5 Å². The van der Waals surface area contributed by atoms with Gasteiger partial charge in [0.1, 0.15) is 0 Å². The van der Waals surface area contributed by atoms with E-state index in [1.807, 2.05) is 24.3 Å². The lowest BCUT2D eigenvalue weighted by atomic mass is 9.95. The van der Waals surface area contributed by atoms with E-state index in [9.17, 15) is 9.59 Å². The standard InChI is InChI=1S/C18H22BrN3O4/c1-2-26-17(23)15-14(11-22-6-8-25-9-7-22)20-18(24)21-16(15)12-4-3-5-13(19)10-12/h3-5,10,16H,2,6-9,11H2,1H3,(H2,20,21,24)/t16-/m0/s1. The fraction of sp³-hybridized carbons (Fsp3) is 0.444. The van der Waals surface area contributed by atoms with Crippen LogP contribution in [0.4, 0.5) is 4.79 Å². The Morgan fingerprint density at radius 2 is 2.15 bits per heavy atom. The first-order valence-electron chi connectivity index (χ1n) is 8.61. The lowest BCUT2D eigenvalue weighted by molar-refractivity contribution is -0.139. The molecule has 140 valence electrons. The van der Waals surface area contributed by atoms with Crippen molar-refractivity contribution >= 4 is 27.9 Å². The first-order valence-corrected chi connectivity index (χ1v) is 9.41. The Labute approximate surface area is 160 Å². The van der Waals surface area contributed by atoms with Gasteiger partial charge in [0.25, 0.3) is 0 Å². The molecule has 1 aromatic carbocycles. The van der Waals surface area contributed by atoms with Gasteiger partial charge in [0.15, 0.2) is 0 Å². The summed E-state index contributed by atoms with van der Waals surface area (Å²) in [6, 6.07) is 6.66. The molecule has 2 N–H and O–H groups in total. The normalized spacial score (nSPS) is 21.2. The monoisotopic (exact) mass is 423 g/mol. The molecule has 7 nitrogen and oxygen atoms in total. The van der Waals surface area contributed by atoms with Crippen molar-refractivity contribution in [3.63, 3.8) is 0 Å². The molecule has 0 aliphatic carbocycles. The van der Waals surface area contributed by atoms with Crippen LogP contribution in [0.5, 0.6) is 0 Å². The van der Waals surface area contributed by atoms with Gasteiger partial charge in [0.05, 0.1) is 31.4 Å². The summed E-state index contributed by atoms with van der Waals surface area (Å²) in [7, 11) is 0. The number of benzene rings is 1. The lowest BCUT2D eigenvalue weighted by Crippen LogP contribution is -2.49. The van der Waals surface area contributed by atoms with Crippen LogP contribution < -0.4 is 10.6 Å². The molecule has 1 saturated heterocycles. The number of hydrogen-bond acceptors (Lipinski definition) is 5. The Hall–Kier alpha value is -1.90. The number of nitrogens with one attached hydrogen (secondary N) is 2. The molecule has 0 saturated carbocycles. The maximum Gasteiger partial charge on any atom is 0.338 e. The summed E-state index contributed by atoms with van der Waals surface area (Å²) < 4.78 is 11.5. The fourth-order valence-corrected chi connectivity index (χ4v) is 3.53. The van der Waals surface area contributed by atoms with Crippen molar-refractivity contribution in [3.8, 4) is 0 Å². The number of halogens is 1. The highest BCUT2D eigenvalue weighted by Gasteiger charge is 2.34. The number of nitrogens with zero attached hydrogens (tertiary/aromatic N) is 1. The Kier molecular flexibility index (Phi) is 6.29. The third kappa shape index (κ3) is 4.44. The van der Waals surface area contributed by atoms with Crippen LogP contribution >= 0.6 is 15.9 Å². The summed E-state index contributed by atoms with van der Waals surface area (Å²) >= 11 is 3.44. The van der Waals surface area contributed by atoms with Gasteiger partial charge in [-0.3, -0.25) is 4.90 Å². The van der Waals surface area contributed by atoms with Gasteiger partial charge in [-0.1, -0.05) is 28.1 Å². The third-order valence-corrected chi connectivity index (χ3v) is 4.81. The van der Waals surface area contributed by atoms with Crippen LogP contribution in [0, 0.1) is 0 Å². The van der Waals surface area contributed by atoms with E-state index >= 15 is 0 Å². The van der Waals surface area contributed by atoms with Crippen molar-refractivity contribution in [1.82, 2.24) is 15.5 Å². The maximum absolute atomic E-state index is 12.7. The van der Waals surface area contributed by atoms with E-state index in [4.69, 9.17) is 9.47 Å². The van der Waals surface area contributed by atoms with Gasteiger partial charge in [0, 0.05) is 29.8 Å². The lowest BCUT2D eigenvalue weighted by Gasteiger charge is -2.33. The first kappa shape index (κ1) is 18.9. The third-order valence-electron chi connectivity index (χ3n) is 4.32. The van der Waals surface area contributed by atoms with Gasteiger partial charge in [-0.15, -0.1) is 0 Å². The average molecular weight is 424 g/mol. The van der Waals surface area contributed by atoms with Gasteiger partial charge in [-0.05, 0) is 24.6 Å². The van der Waals surface area contributed by atoms with E-state index in [-0.39, 0.29) is 12.6 Å². The SMILES string of the molecule is CCOC(=O)C1=C(CN2CCOCC2)NC(=O)N[C@H]1c1cccc(Br)c1. The van der Waals surface area contributed by atoms with Crippen molar-refractivity contribution in [2.45, 2.75) is 13.0 Å². The van der Waals surface area contributed by atoms with E-state index in [1.54, 1.807) is 6.92 Å². The number of rotatable bonds is 5. The zero-order valence-electron chi connectivity index (χ0n) is 14.6. The quantitative estimate of drug-likeness (QED) is 0.707. The molecule has 3 rings (SSSR count). The van der Waals surface area contributed by atoms with E-state index in [2.05, 4.69) is 31.5 Å². The number of morpholine rings is 1. The number of amides is 2. The summed E-state index contributed by atoms with van der Waals surface area (Å²) in [5.41, 5.74) is 1.84. The highest BCUT2D eigenvalue weighted by Crippen LogP contribution is 2.29. The molecule has 1 aromatic rings. The molecule has 1 fully saturated rings. The number of esters is 1. The Balaban J connectivity index is 1.98. The molecule has 2 aliphatic heterocycles. The minimum atomic E-state index is -0.559. The van der Waals surface area contributed by atoms with Gasteiger partial charge in [-0.25, -0.2) is 9.59 Å². The highest BCUT2D eigenvalue weighted by atomic mass is 79.9. The van der Waals surface area contributed by atoms with Crippen molar-refractivity contribution in [1.29, 1.82) is 0 Å². The van der Waals surface area contributed by atoms with Crippen molar-refractivity contribution in [2.24, 2.45) is 0 Å². The molecular weight excluding hydrogens is 402 g/mol. The molecule has 26 heavy (non-hydrogen) atoms. The minimum absolute atomic E-state index is 0.270. The molecule has 8 heteroatoms. The second-order valence-electron chi connectivity index (χ2n) is 6.09. The summed E-state index contributed by atoms with van der Waals surface area (Å²) in [5.74, 6) is -0.423. The summed E-state index contributed by atoms with van der Waals surface area (Å²) in [6.07, 6.45) is 0. The van der Waals surface area contributed by atoms with Crippen LogP contribution in [-0.2, 0) is 14.3 Å². The second-order valence-corrected chi connectivity index (χ2v) is 7.00. The number of urea groups is 1. The minimum Gasteiger partial charge on any atom is -0.463 e. The summed E-state index contributed by atoms with van der Waals surface area (Å²) in [6.45, 7) is 5.30. The smallest absolute Gasteiger partial charge is 0.338 e. The predicted octanol–water partition coefficient (Wildman–Crippen LogP) is 1.95. The zero-order chi connectivity index (χ0) is 18.5. The van der Waals surface area contributed by atoms with Crippen LogP contribution in [0.2, 0.25) is 0 Å². The Morgan fingerprint density at radius 1 is 1.38 bits per heavy atom. The van der Waals surface area contributed by atoms with E-state index in [0.717, 1.165) is 23.1 Å². The number of carbonyl (C=O) groups excluding carboxylic acids is 2.